The molecule has 6 nitrogen and oxygen atoms in total. The van der Waals surface area contributed by atoms with Gasteiger partial charge in [0, 0.05) is 45.5 Å². The van der Waals surface area contributed by atoms with Gasteiger partial charge in [-0.05, 0) is 172 Å². The van der Waals surface area contributed by atoms with E-state index in [9.17, 15) is 0 Å². The van der Waals surface area contributed by atoms with E-state index in [1.165, 1.54) is 50.0 Å². The SMILES string of the molecule is CC(C)N1C(C)(C)C(C)(C)C(C)(C(C)C)C1(C)C.Cc1c(C(C)C)nn(C(C)C)c1C.Cc1c(C(C)C)nsc1C(C)C.Cc1nn(C(C)C)c(C)c1C(C)C. The first kappa shape index (κ1) is 52.0. The molecular formula is C49H92N6S. The fourth-order valence-electron chi connectivity index (χ4n) is 10.5. The van der Waals surface area contributed by atoms with Crippen molar-refractivity contribution in [2.24, 2.45) is 16.7 Å². The molecule has 1 aliphatic heterocycles. The molecule has 3 aromatic heterocycles. The van der Waals surface area contributed by atoms with E-state index in [0.29, 0.717) is 53.1 Å². The molecule has 1 aliphatic rings. The maximum atomic E-state index is 4.62. The molecule has 0 aromatic carbocycles. The summed E-state index contributed by atoms with van der Waals surface area (Å²) < 4.78 is 8.71. The van der Waals surface area contributed by atoms with Gasteiger partial charge in [-0.15, -0.1) is 0 Å². The van der Waals surface area contributed by atoms with Gasteiger partial charge in [-0.2, -0.15) is 14.6 Å². The van der Waals surface area contributed by atoms with Gasteiger partial charge < -0.3 is 0 Å². The highest BCUT2D eigenvalue weighted by Crippen LogP contribution is 2.67. The molecule has 7 heteroatoms. The summed E-state index contributed by atoms with van der Waals surface area (Å²) in [4.78, 5) is 4.19. The second-order valence-corrected chi connectivity index (χ2v) is 21.8. The molecule has 0 saturated carbocycles. The second-order valence-electron chi connectivity index (χ2n) is 21.0. The summed E-state index contributed by atoms with van der Waals surface area (Å²) in [5.74, 6) is 2.96. The molecule has 324 valence electrons. The fraction of sp³-hybridized carbons (Fsp3) is 0.816. The van der Waals surface area contributed by atoms with Crippen molar-refractivity contribution < 1.29 is 0 Å². The molecule has 1 atom stereocenters. The van der Waals surface area contributed by atoms with E-state index >= 15 is 0 Å². The average molecular weight is 797 g/mol. The van der Waals surface area contributed by atoms with Crippen LogP contribution >= 0.6 is 11.5 Å². The van der Waals surface area contributed by atoms with Gasteiger partial charge >= 0.3 is 0 Å². The van der Waals surface area contributed by atoms with Crippen molar-refractivity contribution in [3.05, 3.63) is 50.0 Å². The Morgan fingerprint density at radius 1 is 0.482 bits per heavy atom. The van der Waals surface area contributed by atoms with E-state index < -0.39 is 0 Å². The highest BCUT2D eigenvalue weighted by Gasteiger charge is 2.70. The molecule has 1 unspecified atom stereocenters. The third-order valence-electron chi connectivity index (χ3n) is 14.0. The number of likely N-dealkylation sites (tertiary alicyclic amines) is 1. The third-order valence-corrected chi connectivity index (χ3v) is 15.3. The molecule has 1 saturated heterocycles. The largest absolute Gasteiger partial charge is 0.290 e. The Morgan fingerprint density at radius 2 is 0.929 bits per heavy atom. The predicted molar refractivity (Wildman–Crippen MR) is 249 cm³/mol. The van der Waals surface area contributed by atoms with Gasteiger partial charge in [-0.3, -0.25) is 14.3 Å². The summed E-state index contributed by atoms with van der Waals surface area (Å²) in [5.41, 5.74) is 11.5. The predicted octanol–water partition coefficient (Wildman–Crippen LogP) is 15.1. The highest BCUT2D eigenvalue weighted by atomic mass is 32.1. The molecule has 0 amide bonds. The number of nitrogens with zero attached hydrogens (tertiary/aromatic N) is 6. The van der Waals surface area contributed by atoms with Crippen LogP contribution in [0.5, 0.6) is 0 Å². The van der Waals surface area contributed by atoms with E-state index in [1.807, 2.05) is 0 Å². The first-order valence-electron chi connectivity index (χ1n) is 22.1. The quantitative estimate of drug-likeness (QED) is 0.228. The molecule has 0 N–H and O–H groups in total. The topological polar surface area (TPSA) is 51.8 Å². The van der Waals surface area contributed by atoms with Crippen molar-refractivity contribution in [3.8, 4) is 0 Å². The van der Waals surface area contributed by atoms with Crippen molar-refractivity contribution in [2.75, 3.05) is 0 Å². The molecular weight excluding hydrogens is 705 g/mol. The van der Waals surface area contributed by atoms with Gasteiger partial charge in [0.25, 0.3) is 0 Å². The van der Waals surface area contributed by atoms with Crippen molar-refractivity contribution in [1.82, 2.24) is 28.8 Å². The number of rotatable bonds is 8. The van der Waals surface area contributed by atoms with Gasteiger partial charge in [-0.1, -0.05) is 90.0 Å². The Morgan fingerprint density at radius 3 is 1.14 bits per heavy atom. The molecule has 0 radical (unpaired) electrons. The van der Waals surface area contributed by atoms with Gasteiger partial charge in [-0.25, -0.2) is 0 Å². The fourth-order valence-corrected chi connectivity index (χ4v) is 11.5. The summed E-state index contributed by atoms with van der Waals surface area (Å²) in [6.45, 7) is 63.8. The molecule has 3 aromatic rings. The zero-order chi connectivity index (χ0) is 44.4. The lowest BCUT2D eigenvalue weighted by molar-refractivity contribution is -0.0105. The summed E-state index contributed by atoms with van der Waals surface area (Å²) >= 11 is 1.66. The monoisotopic (exact) mass is 797 g/mol. The molecule has 1 fully saturated rings. The zero-order valence-electron chi connectivity index (χ0n) is 42.2. The smallest absolute Gasteiger partial charge is 0.0682 e. The van der Waals surface area contributed by atoms with Crippen LogP contribution in [0.1, 0.15) is 245 Å². The lowest BCUT2D eigenvalue weighted by Gasteiger charge is -2.51. The molecule has 56 heavy (non-hydrogen) atoms. The van der Waals surface area contributed by atoms with Crippen molar-refractivity contribution >= 4 is 11.5 Å². The standard InChI is InChI=1S/C17H35N.2C11H20N2.C10H17NS/c1-12(2)17(11)14(5,6)15(7,8)18(13(3)4)16(17,9)10;1-7(2)11-9(5)12-13(8(3)4)10(11)6;1-7(2)11-9(5)10(6)13(12-11)8(3)4;1-6(2)9-8(5)10(7(3)4)12-11-9/h12-13H,1-11H3;2*7-8H,1-6H3;6-7H,1-5H3. The average Bonchev–Trinajstić information content (AvgIpc) is 3.69. The molecule has 4 rings (SSSR count). The van der Waals surface area contributed by atoms with Crippen LogP contribution in [0, 0.1) is 51.4 Å². The van der Waals surface area contributed by atoms with Crippen LogP contribution in [0.3, 0.4) is 0 Å². The lowest BCUT2D eigenvalue weighted by atomic mass is 9.52. The van der Waals surface area contributed by atoms with Gasteiger partial charge in [0.1, 0.15) is 0 Å². The first-order valence-corrected chi connectivity index (χ1v) is 22.8. The Balaban J connectivity index is 0.000000378. The third kappa shape index (κ3) is 10.1. The van der Waals surface area contributed by atoms with Crippen LogP contribution in [0.25, 0.3) is 0 Å². The van der Waals surface area contributed by atoms with Crippen molar-refractivity contribution in [2.45, 2.75) is 247 Å². The van der Waals surface area contributed by atoms with Crippen LogP contribution in [0.4, 0.5) is 0 Å². The summed E-state index contributed by atoms with van der Waals surface area (Å²) in [7, 11) is 0. The summed E-state index contributed by atoms with van der Waals surface area (Å²) in [6.07, 6.45) is 0. The van der Waals surface area contributed by atoms with Crippen molar-refractivity contribution in [3.63, 3.8) is 0 Å². The van der Waals surface area contributed by atoms with Gasteiger partial charge in [0.2, 0.25) is 0 Å². The van der Waals surface area contributed by atoms with Crippen molar-refractivity contribution in [1.29, 1.82) is 0 Å². The lowest BCUT2D eigenvalue weighted by Crippen LogP contribution is -2.56. The van der Waals surface area contributed by atoms with Gasteiger partial charge in [0.15, 0.2) is 0 Å². The highest BCUT2D eigenvalue weighted by molar-refractivity contribution is 7.06. The Labute approximate surface area is 352 Å². The van der Waals surface area contributed by atoms with E-state index in [4.69, 9.17) is 0 Å². The molecule has 4 heterocycles. The minimum absolute atomic E-state index is 0.211. The minimum Gasteiger partial charge on any atom is -0.290 e. The van der Waals surface area contributed by atoms with Crippen LogP contribution in [-0.2, 0) is 0 Å². The van der Waals surface area contributed by atoms with E-state index in [1.54, 1.807) is 11.5 Å². The first-order chi connectivity index (χ1) is 25.2. The second kappa shape index (κ2) is 19.4. The number of hydrogen-bond acceptors (Lipinski definition) is 5. The maximum absolute atomic E-state index is 4.62. The summed E-state index contributed by atoms with van der Waals surface area (Å²) in [5, 5.41) is 9.17. The minimum atomic E-state index is 0.211. The Hall–Kier alpha value is -1.99. The van der Waals surface area contributed by atoms with Gasteiger partial charge in [0.05, 0.1) is 17.1 Å². The number of hydrogen-bond donors (Lipinski definition) is 0. The summed E-state index contributed by atoms with van der Waals surface area (Å²) in [6, 6.07) is 1.51. The molecule has 0 spiro atoms. The Bertz CT molecular complexity index is 1610. The molecule has 0 bridgehead atoms. The maximum Gasteiger partial charge on any atom is 0.0682 e. The Kier molecular flexibility index (Phi) is 18.0. The van der Waals surface area contributed by atoms with E-state index in [0.717, 1.165) is 0 Å². The van der Waals surface area contributed by atoms with E-state index in [2.05, 4.69) is 223 Å². The van der Waals surface area contributed by atoms with Crippen LogP contribution in [0.15, 0.2) is 0 Å². The number of aromatic nitrogens is 5. The normalized spacial score (nSPS) is 19.0. The van der Waals surface area contributed by atoms with Crippen LogP contribution in [-0.4, -0.2) is 46.0 Å². The van der Waals surface area contributed by atoms with Crippen LogP contribution in [0.2, 0.25) is 0 Å². The molecule has 0 aliphatic carbocycles. The number of aryl methyl sites for hydroxylation is 1. The zero-order valence-corrected chi connectivity index (χ0v) is 43.0. The van der Waals surface area contributed by atoms with E-state index in [-0.39, 0.29) is 16.5 Å². The van der Waals surface area contributed by atoms with Crippen LogP contribution < -0.4 is 0 Å².